The molecule has 0 aliphatic carbocycles. The molecule has 0 spiro atoms. The van der Waals surface area contributed by atoms with Crippen molar-refractivity contribution >= 4 is 58.1 Å². The topological polar surface area (TPSA) is 130 Å². The number of nitro groups is 1. The molecule has 3 rings (SSSR count). The number of nitro benzene ring substituents is 1. The van der Waals surface area contributed by atoms with E-state index in [9.17, 15) is 24.5 Å². The van der Waals surface area contributed by atoms with Gasteiger partial charge in [0.2, 0.25) is 11.8 Å². The van der Waals surface area contributed by atoms with Gasteiger partial charge in [-0.05, 0) is 25.1 Å². The van der Waals surface area contributed by atoms with E-state index in [2.05, 4.69) is 16.0 Å². The Kier molecular flexibility index (Phi) is 6.93. The van der Waals surface area contributed by atoms with E-state index in [1.807, 2.05) is 19.1 Å². The average molecular weight is 461 g/mol. The molecule has 0 bridgehead atoms. The fraction of sp³-hybridized carbons (Fsp3) is 0.150. The summed E-state index contributed by atoms with van der Waals surface area (Å²) in [7, 11) is 0. The minimum atomic E-state index is -0.754. The first kappa shape index (κ1) is 22.3. The highest BCUT2D eigenvalue weighted by atomic mass is 35.5. The largest absolute Gasteiger partial charge is 0.325 e. The van der Waals surface area contributed by atoms with Gasteiger partial charge in [-0.3, -0.25) is 24.5 Å². The summed E-state index contributed by atoms with van der Waals surface area (Å²) in [5, 5.41) is 18.3. The summed E-state index contributed by atoms with van der Waals surface area (Å²) in [5.74, 6) is -1.37. The van der Waals surface area contributed by atoms with Gasteiger partial charge in [-0.15, -0.1) is 0 Å². The van der Waals surface area contributed by atoms with Crippen LogP contribution in [-0.4, -0.2) is 27.9 Å². The Balaban J connectivity index is 1.59. The van der Waals surface area contributed by atoms with Gasteiger partial charge in [0.05, 0.1) is 25.9 Å². The van der Waals surface area contributed by atoms with Gasteiger partial charge in [0.25, 0.3) is 11.6 Å². The van der Waals surface area contributed by atoms with Crippen LogP contribution in [0, 0.1) is 17.0 Å². The zero-order chi connectivity index (χ0) is 22.5. The second kappa shape index (κ2) is 9.63. The molecule has 11 heteroatoms. The smallest absolute Gasteiger partial charge is 0.271 e. The molecule has 2 aromatic rings. The maximum Gasteiger partial charge on any atom is 0.271 e. The van der Waals surface area contributed by atoms with Crippen molar-refractivity contribution < 1.29 is 19.3 Å². The average Bonchev–Trinajstić information content (AvgIpc) is 3.03. The monoisotopic (exact) mass is 460 g/mol. The zero-order valence-electron chi connectivity index (χ0n) is 16.2. The van der Waals surface area contributed by atoms with Gasteiger partial charge in [0.1, 0.15) is 0 Å². The molecule has 160 valence electrons. The Labute approximate surface area is 186 Å². The van der Waals surface area contributed by atoms with Crippen LogP contribution >= 0.6 is 23.4 Å². The lowest BCUT2D eigenvalue weighted by molar-refractivity contribution is -0.384. The van der Waals surface area contributed by atoms with Crippen LogP contribution in [0.5, 0.6) is 0 Å². The van der Waals surface area contributed by atoms with Gasteiger partial charge in [0.15, 0.2) is 0 Å². The van der Waals surface area contributed by atoms with Crippen LogP contribution < -0.4 is 16.0 Å². The zero-order valence-corrected chi connectivity index (χ0v) is 17.8. The second-order valence-electron chi connectivity index (χ2n) is 6.63. The third-order valence-electron chi connectivity index (χ3n) is 4.19. The van der Waals surface area contributed by atoms with Gasteiger partial charge in [-0.2, -0.15) is 0 Å². The van der Waals surface area contributed by atoms with Crippen molar-refractivity contribution in [3.63, 3.8) is 0 Å². The number of anilines is 2. The lowest BCUT2D eigenvalue weighted by atomic mass is 10.2. The summed E-state index contributed by atoms with van der Waals surface area (Å²) >= 11 is 7.02. The van der Waals surface area contributed by atoms with Crippen molar-refractivity contribution in [3.05, 3.63) is 74.3 Å². The first-order valence-electron chi connectivity index (χ1n) is 9.02. The number of nitrogens with one attached hydrogen (secondary N) is 3. The number of carbonyl (C=O) groups excluding carboxylic acids is 3. The van der Waals surface area contributed by atoms with E-state index in [1.165, 1.54) is 18.2 Å². The molecule has 31 heavy (non-hydrogen) atoms. The molecule has 1 aliphatic heterocycles. The molecule has 0 saturated carbocycles. The Morgan fingerprint density at radius 2 is 1.94 bits per heavy atom. The molecule has 3 amide bonds. The number of hydrogen-bond donors (Lipinski definition) is 3. The van der Waals surface area contributed by atoms with E-state index in [0.717, 1.165) is 23.4 Å². The summed E-state index contributed by atoms with van der Waals surface area (Å²) in [6.07, 6.45) is 1.05. The molecule has 1 aliphatic rings. The summed E-state index contributed by atoms with van der Waals surface area (Å²) < 4.78 is 0. The molecule has 0 aromatic heterocycles. The molecule has 1 saturated heterocycles. The predicted molar refractivity (Wildman–Crippen MR) is 119 cm³/mol. The Morgan fingerprint density at radius 1 is 1.23 bits per heavy atom. The molecule has 0 radical (unpaired) electrons. The normalized spacial score (nSPS) is 16.6. The van der Waals surface area contributed by atoms with Gasteiger partial charge in [-0.1, -0.05) is 41.1 Å². The Hall–Kier alpha value is -3.37. The van der Waals surface area contributed by atoms with Crippen molar-refractivity contribution in [2.24, 2.45) is 0 Å². The van der Waals surface area contributed by atoms with E-state index in [-0.39, 0.29) is 22.8 Å². The third kappa shape index (κ3) is 6.06. The maximum atomic E-state index is 12.3. The minimum absolute atomic E-state index is 0.0810. The van der Waals surface area contributed by atoms with Crippen molar-refractivity contribution in [1.29, 1.82) is 0 Å². The fourth-order valence-corrected chi connectivity index (χ4v) is 3.88. The summed E-state index contributed by atoms with van der Waals surface area (Å²) in [5.41, 5.74) is 1.53. The lowest BCUT2D eigenvalue weighted by Gasteiger charge is -2.09. The summed E-state index contributed by atoms with van der Waals surface area (Å²) in [4.78, 5) is 46.9. The fourth-order valence-electron chi connectivity index (χ4n) is 2.67. The number of aryl methyl sites for hydroxylation is 1. The first-order valence-corrected chi connectivity index (χ1v) is 10.3. The predicted octanol–water partition coefficient (Wildman–Crippen LogP) is 3.60. The Bertz CT molecular complexity index is 1090. The number of rotatable bonds is 6. The summed E-state index contributed by atoms with van der Waals surface area (Å²) in [6, 6.07) is 10.9. The molecule has 9 nitrogen and oxygen atoms in total. The van der Waals surface area contributed by atoms with Crippen molar-refractivity contribution in [3.8, 4) is 0 Å². The number of hydrogen-bond acceptors (Lipinski definition) is 6. The second-order valence-corrected chi connectivity index (χ2v) is 8.28. The van der Waals surface area contributed by atoms with Crippen molar-refractivity contribution in [1.82, 2.24) is 5.32 Å². The lowest BCUT2D eigenvalue weighted by Crippen LogP contribution is -2.26. The van der Waals surface area contributed by atoms with Gasteiger partial charge < -0.3 is 16.0 Å². The molecule has 1 unspecified atom stereocenters. The van der Waals surface area contributed by atoms with E-state index in [4.69, 9.17) is 11.6 Å². The van der Waals surface area contributed by atoms with E-state index < -0.39 is 27.9 Å². The van der Waals surface area contributed by atoms with E-state index in [1.54, 1.807) is 12.1 Å². The highest BCUT2D eigenvalue weighted by Crippen LogP contribution is 2.31. The highest BCUT2D eigenvalue weighted by molar-refractivity contribution is 8.04. The molecule has 1 heterocycles. The SMILES string of the molecule is Cc1ccc(NC(=O)/C=C2\NC(=O)C(CC(=O)Nc3cc([N+](=O)[O-])ccc3Cl)S2)cc1. The van der Waals surface area contributed by atoms with Crippen molar-refractivity contribution in [2.45, 2.75) is 18.6 Å². The van der Waals surface area contributed by atoms with Crippen LogP contribution in [0.1, 0.15) is 12.0 Å². The van der Waals surface area contributed by atoms with Crippen molar-refractivity contribution in [2.75, 3.05) is 10.6 Å². The van der Waals surface area contributed by atoms with Gasteiger partial charge in [-0.25, -0.2) is 0 Å². The Morgan fingerprint density at radius 3 is 2.61 bits per heavy atom. The van der Waals surface area contributed by atoms with Crippen LogP contribution in [0.15, 0.2) is 53.6 Å². The standard InChI is InChI=1S/C20H17ClN4O5S/c1-11-2-4-12(5-3-11)22-18(27)10-19-24-20(28)16(31-19)9-17(26)23-15-8-13(25(29)30)6-7-14(15)21/h2-8,10,16H,9H2,1H3,(H,22,27)(H,23,26)(H,24,28)/b19-10+. The van der Waals surface area contributed by atoms with Crippen LogP contribution in [0.4, 0.5) is 17.1 Å². The molecule has 2 aromatic carbocycles. The van der Waals surface area contributed by atoms with Crippen LogP contribution in [0.25, 0.3) is 0 Å². The number of carbonyl (C=O) groups is 3. The molecular formula is C20H17ClN4O5S. The van der Waals surface area contributed by atoms with Gasteiger partial charge in [0, 0.05) is 30.3 Å². The van der Waals surface area contributed by atoms with E-state index >= 15 is 0 Å². The molecular weight excluding hydrogens is 444 g/mol. The maximum absolute atomic E-state index is 12.3. The number of nitrogens with zero attached hydrogens (tertiary/aromatic N) is 1. The number of thioether (sulfide) groups is 1. The number of halogens is 1. The van der Waals surface area contributed by atoms with E-state index in [0.29, 0.717) is 10.7 Å². The van der Waals surface area contributed by atoms with Crippen LogP contribution in [0.3, 0.4) is 0 Å². The molecule has 3 N–H and O–H groups in total. The first-order chi connectivity index (χ1) is 14.7. The number of benzene rings is 2. The third-order valence-corrected chi connectivity index (χ3v) is 5.66. The number of amides is 3. The molecule has 1 atom stereocenters. The highest BCUT2D eigenvalue weighted by Gasteiger charge is 2.31. The minimum Gasteiger partial charge on any atom is -0.325 e. The van der Waals surface area contributed by atoms with Crippen LogP contribution in [-0.2, 0) is 14.4 Å². The van der Waals surface area contributed by atoms with Crippen LogP contribution in [0.2, 0.25) is 5.02 Å². The quantitative estimate of drug-likeness (QED) is 0.343. The molecule has 1 fully saturated rings. The van der Waals surface area contributed by atoms with Gasteiger partial charge >= 0.3 is 0 Å². The summed E-state index contributed by atoms with van der Waals surface area (Å²) in [6.45, 7) is 1.93. The number of non-ortho nitro benzene ring substituents is 1.